The van der Waals surface area contributed by atoms with Crippen molar-refractivity contribution in [2.24, 2.45) is 0 Å². The second-order valence-corrected chi connectivity index (χ2v) is 6.23. The van der Waals surface area contributed by atoms with Crippen LogP contribution < -0.4 is 10.1 Å². The van der Waals surface area contributed by atoms with Crippen molar-refractivity contribution in [1.29, 1.82) is 0 Å². The Balaban J connectivity index is 1.73. The van der Waals surface area contributed by atoms with Gasteiger partial charge in [0.25, 0.3) is 0 Å². The van der Waals surface area contributed by atoms with E-state index in [0.29, 0.717) is 11.1 Å². The van der Waals surface area contributed by atoms with Crippen molar-refractivity contribution in [1.82, 2.24) is 10.2 Å². The van der Waals surface area contributed by atoms with E-state index in [1.54, 1.807) is 7.11 Å². The number of nitrogens with zero attached hydrogens (tertiary/aromatic N) is 1. The lowest BCUT2D eigenvalue weighted by Gasteiger charge is -2.32. The number of nitrogens with one attached hydrogen (secondary N) is 1. The number of hydrogen-bond donors (Lipinski definition) is 1. The fourth-order valence-electron chi connectivity index (χ4n) is 2.82. The zero-order valence-corrected chi connectivity index (χ0v) is 14.0. The summed E-state index contributed by atoms with van der Waals surface area (Å²) in [7, 11) is 1.64. The lowest BCUT2D eigenvalue weighted by Crippen LogP contribution is -2.42. The summed E-state index contributed by atoms with van der Waals surface area (Å²) in [5.74, 6) is 0.740. The predicted molar refractivity (Wildman–Crippen MR) is 89.2 cm³/mol. The molecular formula is C17H27ClN2O. The van der Waals surface area contributed by atoms with E-state index < -0.39 is 0 Å². The molecule has 0 aliphatic carbocycles. The van der Waals surface area contributed by atoms with Gasteiger partial charge in [-0.25, -0.2) is 0 Å². The second-order valence-electron chi connectivity index (χ2n) is 5.82. The minimum absolute atomic E-state index is 0.628. The molecule has 21 heavy (non-hydrogen) atoms. The minimum Gasteiger partial charge on any atom is -0.495 e. The summed E-state index contributed by atoms with van der Waals surface area (Å²) in [6, 6.07) is 6.63. The number of likely N-dealkylation sites (tertiary alicyclic amines) is 1. The highest BCUT2D eigenvalue weighted by molar-refractivity contribution is 6.32. The Kier molecular flexibility index (Phi) is 6.81. The van der Waals surface area contributed by atoms with Crippen LogP contribution >= 0.6 is 11.6 Å². The predicted octanol–water partition coefficient (Wildman–Crippen LogP) is 3.70. The number of halogens is 1. The van der Waals surface area contributed by atoms with Gasteiger partial charge in [-0.2, -0.15) is 0 Å². The first-order chi connectivity index (χ1) is 10.2. The number of hydrogen-bond acceptors (Lipinski definition) is 3. The first-order valence-electron chi connectivity index (χ1n) is 8.01. The molecule has 0 radical (unpaired) electrons. The summed E-state index contributed by atoms with van der Waals surface area (Å²) in [6.07, 6.45) is 5.10. The SMILES string of the molecule is CCCCN1CCC(NCc2ccc(OC)c(Cl)c2)CC1. The number of benzene rings is 1. The number of piperidine rings is 1. The number of unbranched alkanes of at least 4 members (excludes halogenated alkanes) is 1. The average Bonchev–Trinajstić information content (AvgIpc) is 2.52. The van der Waals surface area contributed by atoms with Gasteiger partial charge in [0, 0.05) is 12.6 Å². The molecule has 0 saturated carbocycles. The van der Waals surface area contributed by atoms with Gasteiger partial charge in [0.15, 0.2) is 0 Å². The van der Waals surface area contributed by atoms with Crippen LogP contribution in [0.1, 0.15) is 38.2 Å². The summed E-state index contributed by atoms with van der Waals surface area (Å²) < 4.78 is 5.18. The molecule has 4 heteroatoms. The van der Waals surface area contributed by atoms with Crippen molar-refractivity contribution >= 4 is 11.6 Å². The van der Waals surface area contributed by atoms with Crippen LogP contribution in [0, 0.1) is 0 Å². The van der Waals surface area contributed by atoms with Crippen molar-refractivity contribution in [2.75, 3.05) is 26.7 Å². The first-order valence-corrected chi connectivity index (χ1v) is 8.39. The van der Waals surface area contributed by atoms with Crippen LogP contribution in [-0.4, -0.2) is 37.7 Å². The smallest absolute Gasteiger partial charge is 0.137 e. The van der Waals surface area contributed by atoms with Crippen LogP contribution in [0.5, 0.6) is 5.75 Å². The fraction of sp³-hybridized carbons (Fsp3) is 0.647. The number of ether oxygens (including phenoxy) is 1. The normalized spacial score (nSPS) is 17.1. The van der Waals surface area contributed by atoms with Gasteiger partial charge >= 0.3 is 0 Å². The molecule has 1 aliphatic rings. The third-order valence-corrected chi connectivity index (χ3v) is 4.52. The van der Waals surface area contributed by atoms with E-state index in [-0.39, 0.29) is 0 Å². The summed E-state index contributed by atoms with van der Waals surface area (Å²) >= 11 is 6.16. The minimum atomic E-state index is 0.628. The Labute approximate surface area is 133 Å². The van der Waals surface area contributed by atoms with Gasteiger partial charge in [-0.15, -0.1) is 0 Å². The lowest BCUT2D eigenvalue weighted by atomic mass is 10.0. The highest BCUT2D eigenvalue weighted by Crippen LogP contribution is 2.25. The van der Waals surface area contributed by atoms with Gasteiger partial charge in [0.05, 0.1) is 12.1 Å². The Bertz CT molecular complexity index is 431. The monoisotopic (exact) mass is 310 g/mol. The molecule has 0 atom stereocenters. The van der Waals surface area contributed by atoms with Gasteiger partial charge in [0.1, 0.15) is 5.75 Å². The van der Waals surface area contributed by atoms with Crippen molar-refractivity contribution in [3.63, 3.8) is 0 Å². The molecule has 1 aromatic rings. The zero-order valence-electron chi connectivity index (χ0n) is 13.2. The van der Waals surface area contributed by atoms with Crippen molar-refractivity contribution in [2.45, 2.75) is 45.2 Å². The maximum absolute atomic E-state index is 6.16. The molecule has 0 aromatic heterocycles. The molecule has 0 amide bonds. The summed E-state index contributed by atoms with van der Waals surface area (Å²) in [5.41, 5.74) is 1.22. The van der Waals surface area contributed by atoms with Gasteiger partial charge < -0.3 is 15.0 Å². The fourth-order valence-corrected chi connectivity index (χ4v) is 3.10. The highest BCUT2D eigenvalue weighted by atomic mass is 35.5. The maximum Gasteiger partial charge on any atom is 0.137 e. The lowest BCUT2D eigenvalue weighted by molar-refractivity contribution is 0.195. The molecule has 0 bridgehead atoms. The van der Waals surface area contributed by atoms with E-state index in [4.69, 9.17) is 16.3 Å². The van der Waals surface area contributed by atoms with E-state index in [1.807, 2.05) is 12.1 Å². The summed E-state index contributed by atoms with van der Waals surface area (Å²) in [6.45, 7) is 6.84. The molecule has 0 spiro atoms. The molecule has 0 unspecified atom stereocenters. The van der Waals surface area contributed by atoms with Crippen molar-refractivity contribution in [3.8, 4) is 5.75 Å². The van der Waals surface area contributed by atoms with E-state index in [0.717, 1.165) is 12.3 Å². The van der Waals surface area contributed by atoms with E-state index >= 15 is 0 Å². The van der Waals surface area contributed by atoms with E-state index in [1.165, 1.54) is 50.9 Å². The maximum atomic E-state index is 6.16. The Morgan fingerprint density at radius 2 is 2.10 bits per heavy atom. The van der Waals surface area contributed by atoms with Crippen LogP contribution in [-0.2, 0) is 6.54 Å². The van der Waals surface area contributed by atoms with Crippen molar-refractivity contribution < 1.29 is 4.74 Å². The van der Waals surface area contributed by atoms with Gasteiger partial charge in [0.2, 0.25) is 0 Å². The summed E-state index contributed by atoms with van der Waals surface area (Å²) in [4.78, 5) is 2.59. The largest absolute Gasteiger partial charge is 0.495 e. The van der Waals surface area contributed by atoms with Gasteiger partial charge in [-0.1, -0.05) is 31.0 Å². The van der Waals surface area contributed by atoms with Crippen LogP contribution in [0.4, 0.5) is 0 Å². The Morgan fingerprint density at radius 3 is 2.71 bits per heavy atom. The van der Waals surface area contributed by atoms with Gasteiger partial charge in [-0.05, 0) is 56.6 Å². The van der Waals surface area contributed by atoms with Crippen LogP contribution in [0.3, 0.4) is 0 Å². The zero-order chi connectivity index (χ0) is 15.1. The van der Waals surface area contributed by atoms with Crippen LogP contribution in [0.15, 0.2) is 18.2 Å². The third-order valence-electron chi connectivity index (χ3n) is 4.23. The quantitative estimate of drug-likeness (QED) is 0.831. The van der Waals surface area contributed by atoms with Crippen LogP contribution in [0.25, 0.3) is 0 Å². The molecule has 1 N–H and O–H groups in total. The Morgan fingerprint density at radius 1 is 1.33 bits per heavy atom. The van der Waals surface area contributed by atoms with Crippen molar-refractivity contribution in [3.05, 3.63) is 28.8 Å². The van der Waals surface area contributed by atoms with E-state index in [9.17, 15) is 0 Å². The second kappa shape index (κ2) is 8.62. The molecular weight excluding hydrogens is 284 g/mol. The number of methoxy groups -OCH3 is 1. The standard InChI is InChI=1S/C17H27ClN2O/c1-3-4-9-20-10-7-15(8-11-20)19-13-14-5-6-17(21-2)16(18)12-14/h5-6,12,15,19H,3-4,7-11,13H2,1-2H3. The first kappa shape index (κ1) is 16.6. The average molecular weight is 311 g/mol. The molecule has 1 aliphatic heterocycles. The summed E-state index contributed by atoms with van der Waals surface area (Å²) in [5, 5.41) is 4.34. The van der Waals surface area contributed by atoms with E-state index in [2.05, 4.69) is 23.2 Å². The molecule has 3 nitrogen and oxygen atoms in total. The molecule has 1 fully saturated rings. The molecule has 118 valence electrons. The third kappa shape index (κ3) is 5.17. The van der Waals surface area contributed by atoms with Crippen LogP contribution in [0.2, 0.25) is 5.02 Å². The molecule has 2 rings (SSSR count). The number of rotatable bonds is 7. The topological polar surface area (TPSA) is 24.5 Å². The van der Waals surface area contributed by atoms with Gasteiger partial charge in [-0.3, -0.25) is 0 Å². The molecule has 1 aromatic carbocycles. The molecule has 1 heterocycles. The highest BCUT2D eigenvalue weighted by Gasteiger charge is 2.18. The molecule has 1 saturated heterocycles. The Hall–Kier alpha value is -0.770.